The van der Waals surface area contributed by atoms with Gasteiger partial charge in [-0.2, -0.15) is 10.2 Å². The zero-order valence-corrected chi connectivity index (χ0v) is 22.2. The standard InChI is InChI=1S/C28H38N6O3/c1-28(2,3)37-27(35)33-24-19-9-7-10-20(24)13-18(12-19)15-30-25-22(14-29)17-32-26(34-25)31-16-21-8-5-6-11-23(21)36-4/h5-6,8,11,17-20,24H,7,9-10,12-13,15-16H2,1-4H3,(H,33,35)(H2,30,31,32,34)/t18?,19-,20+,24?. The predicted molar refractivity (Wildman–Crippen MR) is 142 cm³/mol. The lowest BCUT2D eigenvalue weighted by molar-refractivity contribution is 0.0324. The van der Waals surface area contributed by atoms with Crippen LogP contribution in [0.25, 0.3) is 0 Å². The molecule has 2 fully saturated rings. The van der Waals surface area contributed by atoms with Crippen LogP contribution in [0.15, 0.2) is 30.5 Å². The van der Waals surface area contributed by atoms with E-state index in [1.54, 1.807) is 13.3 Å². The summed E-state index contributed by atoms with van der Waals surface area (Å²) in [5, 5.41) is 19.4. The third-order valence-electron chi connectivity index (χ3n) is 7.22. The minimum Gasteiger partial charge on any atom is -0.496 e. The van der Waals surface area contributed by atoms with Crippen LogP contribution >= 0.6 is 0 Å². The number of alkyl carbamates (subject to hydrolysis) is 1. The molecule has 1 aromatic carbocycles. The molecule has 2 aromatic rings. The minimum absolute atomic E-state index is 0.166. The number of anilines is 2. The highest BCUT2D eigenvalue weighted by Gasteiger charge is 2.41. The van der Waals surface area contributed by atoms with Crippen LogP contribution in [0.2, 0.25) is 0 Å². The molecule has 4 rings (SSSR count). The molecule has 2 unspecified atom stereocenters. The topological polar surface area (TPSA) is 121 Å². The average molecular weight is 507 g/mol. The van der Waals surface area contributed by atoms with E-state index in [1.807, 2.05) is 45.0 Å². The number of carbonyl (C=O) groups is 1. The van der Waals surface area contributed by atoms with Gasteiger partial charge in [-0.15, -0.1) is 0 Å². The summed E-state index contributed by atoms with van der Waals surface area (Å²) in [6.45, 7) is 6.89. The van der Waals surface area contributed by atoms with Gasteiger partial charge in [-0.25, -0.2) is 9.78 Å². The normalized spacial score (nSPS) is 22.9. The number of carbonyl (C=O) groups excluding carboxylic acids is 1. The molecule has 3 N–H and O–H groups in total. The van der Waals surface area contributed by atoms with Gasteiger partial charge in [0.25, 0.3) is 0 Å². The van der Waals surface area contributed by atoms with Gasteiger partial charge in [-0.3, -0.25) is 0 Å². The first-order valence-electron chi connectivity index (χ1n) is 13.1. The number of nitrogens with zero attached hydrogens (tertiary/aromatic N) is 3. The molecular formula is C28H38N6O3. The van der Waals surface area contributed by atoms with E-state index in [2.05, 4.69) is 32.0 Å². The summed E-state index contributed by atoms with van der Waals surface area (Å²) in [4.78, 5) is 21.3. The lowest BCUT2D eigenvalue weighted by atomic mass is 9.64. The molecule has 2 aliphatic carbocycles. The van der Waals surface area contributed by atoms with Crippen LogP contribution in [-0.4, -0.2) is 41.4 Å². The minimum atomic E-state index is -0.503. The SMILES string of the molecule is COc1ccccc1CNc1ncc(C#N)c(NCC2C[C@H]3CCC[C@@H](C2)C3NC(=O)OC(C)(C)C)n1. The van der Waals surface area contributed by atoms with Crippen molar-refractivity contribution in [2.45, 2.75) is 71.1 Å². The number of benzene rings is 1. The van der Waals surface area contributed by atoms with Crippen molar-refractivity contribution in [3.8, 4) is 11.8 Å². The lowest BCUT2D eigenvalue weighted by Gasteiger charge is -2.46. The van der Waals surface area contributed by atoms with Crippen LogP contribution in [0.3, 0.4) is 0 Å². The quantitative estimate of drug-likeness (QED) is 0.452. The van der Waals surface area contributed by atoms with Gasteiger partial charge in [0.1, 0.15) is 28.8 Å². The van der Waals surface area contributed by atoms with E-state index in [9.17, 15) is 10.1 Å². The molecule has 9 heteroatoms. The van der Waals surface area contributed by atoms with Crippen molar-refractivity contribution < 1.29 is 14.3 Å². The van der Waals surface area contributed by atoms with Crippen LogP contribution in [0, 0.1) is 29.1 Å². The number of amides is 1. The Bertz CT molecular complexity index is 1110. The van der Waals surface area contributed by atoms with Crippen molar-refractivity contribution in [2.24, 2.45) is 17.8 Å². The Morgan fingerprint density at radius 3 is 2.57 bits per heavy atom. The second-order valence-corrected chi connectivity index (χ2v) is 11.1. The molecule has 9 nitrogen and oxygen atoms in total. The largest absolute Gasteiger partial charge is 0.496 e. The van der Waals surface area contributed by atoms with Crippen LogP contribution in [0.4, 0.5) is 16.6 Å². The first-order chi connectivity index (χ1) is 17.8. The number of fused-ring (bicyclic) bond motifs is 2. The first kappa shape index (κ1) is 26.5. The van der Waals surface area contributed by atoms with E-state index in [4.69, 9.17) is 9.47 Å². The maximum absolute atomic E-state index is 12.4. The third kappa shape index (κ3) is 7.03. The van der Waals surface area contributed by atoms with E-state index in [0.29, 0.717) is 41.6 Å². The maximum Gasteiger partial charge on any atom is 0.407 e. The van der Waals surface area contributed by atoms with Crippen molar-refractivity contribution in [3.05, 3.63) is 41.6 Å². The van der Waals surface area contributed by atoms with Crippen LogP contribution in [0.1, 0.15) is 64.0 Å². The van der Waals surface area contributed by atoms with Crippen molar-refractivity contribution in [2.75, 3.05) is 24.3 Å². The molecule has 0 spiro atoms. The summed E-state index contributed by atoms with van der Waals surface area (Å²) in [5.41, 5.74) is 0.913. The summed E-state index contributed by atoms with van der Waals surface area (Å²) in [5.74, 6) is 3.10. The molecule has 2 saturated carbocycles. The molecule has 1 heterocycles. The van der Waals surface area contributed by atoms with E-state index >= 15 is 0 Å². The van der Waals surface area contributed by atoms with E-state index in [0.717, 1.165) is 43.5 Å². The Morgan fingerprint density at radius 1 is 1.16 bits per heavy atom. The van der Waals surface area contributed by atoms with Crippen molar-refractivity contribution >= 4 is 17.9 Å². The van der Waals surface area contributed by atoms with Gasteiger partial charge in [0.05, 0.1) is 13.3 Å². The van der Waals surface area contributed by atoms with Crippen LogP contribution < -0.4 is 20.7 Å². The van der Waals surface area contributed by atoms with Gasteiger partial charge >= 0.3 is 6.09 Å². The van der Waals surface area contributed by atoms with Crippen molar-refractivity contribution in [3.63, 3.8) is 0 Å². The molecule has 0 aliphatic heterocycles. The second kappa shape index (κ2) is 11.7. The summed E-state index contributed by atoms with van der Waals surface area (Å²) >= 11 is 0. The number of para-hydroxylation sites is 1. The van der Waals surface area contributed by atoms with E-state index < -0.39 is 5.60 Å². The molecule has 2 bridgehead atoms. The highest BCUT2D eigenvalue weighted by molar-refractivity contribution is 5.68. The molecule has 0 radical (unpaired) electrons. The number of nitriles is 1. The number of nitrogens with one attached hydrogen (secondary N) is 3. The molecule has 1 aromatic heterocycles. The van der Waals surface area contributed by atoms with Crippen LogP contribution in [0.5, 0.6) is 5.75 Å². The average Bonchev–Trinajstić information content (AvgIpc) is 2.85. The fourth-order valence-electron chi connectivity index (χ4n) is 5.66. The molecule has 37 heavy (non-hydrogen) atoms. The van der Waals surface area contributed by atoms with Gasteiger partial charge in [0, 0.05) is 24.7 Å². The Balaban J connectivity index is 1.36. The number of ether oxygens (including phenoxy) is 2. The van der Waals surface area contributed by atoms with Gasteiger partial charge in [0.2, 0.25) is 5.95 Å². The Hall–Kier alpha value is -3.54. The first-order valence-corrected chi connectivity index (χ1v) is 13.1. The van der Waals surface area contributed by atoms with Gasteiger partial charge in [-0.05, 0) is 70.3 Å². The Labute approximate surface area is 219 Å². The number of methoxy groups -OCH3 is 1. The summed E-state index contributed by atoms with van der Waals surface area (Å²) in [7, 11) is 1.65. The van der Waals surface area contributed by atoms with Gasteiger partial charge < -0.3 is 25.4 Å². The van der Waals surface area contributed by atoms with Gasteiger partial charge in [0.15, 0.2) is 0 Å². The fraction of sp³-hybridized carbons (Fsp3) is 0.571. The van der Waals surface area contributed by atoms with E-state index in [1.165, 1.54) is 6.42 Å². The third-order valence-corrected chi connectivity index (χ3v) is 7.22. The van der Waals surface area contributed by atoms with Crippen LogP contribution in [-0.2, 0) is 11.3 Å². The summed E-state index contributed by atoms with van der Waals surface area (Å²) < 4.78 is 10.9. The van der Waals surface area contributed by atoms with E-state index in [-0.39, 0.29) is 12.1 Å². The zero-order chi connectivity index (χ0) is 26.4. The second-order valence-electron chi connectivity index (χ2n) is 11.1. The molecule has 2 aliphatic rings. The molecule has 4 atom stereocenters. The zero-order valence-electron chi connectivity index (χ0n) is 22.2. The fourth-order valence-corrected chi connectivity index (χ4v) is 5.66. The van der Waals surface area contributed by atoms with Crippen molar-refractivity contribution in [1.29, 1.82) is 5.26 Å². The number of hydrogen-bond donors (Lipinski definition) is 3. The highest BCUT2D eigenvalue weighted by atomic mass is 16.6. The smallest absolute Gasteiger partial charge is 0.407 e. The predicted octanol–water partition coefficient (Wildman–Crippen LogP) is 5.10. The number of aromatic nitrogens is 2. The number of hydrogen-bond acceptors (Lipinski definition) is 8. The molecule has 1 amide bonds. The summed E-state index contributed by atoms with van der Waals surface area (Å²) in [6.07, 6.45) is 6.71. The molecular weight excluding hydrogens is 468 g/mol. The van der Waals surface area contributed by atoms with Gasteiger partial charge in [-0.1, -0.05) is 24.6 Å². The lowest BCUT2D eigenvalue weighted by Crippen LogP contribution is -2.52. The number of rotatable bonds is 8. The van der Waals surface area contributed by atoms with Crippen molar-refractivity contribution in [1.82, 2.24) is 15.3 Å². The summed E-state index contributed by atoms with van der Waals surface area (Å²) in [6, 6.07) is 10.1. The maximum atomic E-state index is 12.4. The Morgan fingerprint density at radius 2 is 1.89 bits per heavy atom. The molecule has 0 saturated heterocycles. The highest BCUT2D eigenvalue weighted by Crippen LogP contribution is 2.43. The molecule has 198 valence electrons. The monoisotopic (exact) mass is 506 g/mol. The Kier molecular flexibility index (Phi) is 8.37.